The van der Waals surface area contributed by atoms with Gasteiger partial charge in [0.25, 0.3) is 0 Å². The van der Waals surface area contributed by atoms with E-state index < -0.39 is 0 Å². The summed E-state index contributed by atoms with van der Waals surface area (Å²) < 4.78 is 4.81. The Morgan fingerprint density at radius 2 is 2.25 bits per heavy atom. The molecular formula is C11H17N3O2. The van der Waals surface area contributed by atoms with E-state index in [0.29, 0.717) is 12.6 Å². The van der Waals surface area contributed by atoms with Crippen molar-refractivity contribution in [2.45, 2.75) is 44.7 Å². The molecule has 0 saturated heterocycles. The number of oxazole rings is 1. The molecule has 1 fully saturated rings. The number of nitrogens with zero attached hydrogens (tertiary/aromatic N) is 1. The molecule has 1 heterocycles. The summed E-state index contributed by atoms with van der Waals surface area (Å²) >= 11 is 0. The summed E-state index contributed by atoms with van der Waals surface area (Å²) in [6.07, 6.45) is 8.80. The first-order valence-corrected chi connectivity index (χ1v) is 5.76. The topological polar surface area (TPSA) is 67.2 Å². The minimum atomic E-state index is -0.116. The minimum absolute atomic E-state index is 0.116. The van der Waals surface area contributed by atoms with Crippen molar-refractivity contribution in [3.8, 4) is 0 Å². The van der Waals surface area contributed by atoms with E-state index in [9.17, 15) is 4.79 Å². The van der Waals surface area contributed by atoms with Gasteiger partial charge in [0, 0.05) is 6.04 Å². The van der Waals surface area contributed by atoms with Crippen LogP contribution in [-0.2, 0) is 6.54 Å². The normalized spacial score (nSPS) is 17.0. The smallest absolute Gasteiger partial charge is 0.315 e. The Bertz CT molecular complexity index is 318. The molecule has 1 saturated carbocycles. The fourth-order valence-corrected chi connectivity index (χ4v) is 1.98. The number of urea groups is 1. The van der Waals surface area contributed by atoms with Crippen LogP contribution in [0.25, 0.3) is 0 Å². The molecule has 2 N–H and O–H groups in total. The van der Waals surface area contributed by atoms with Gasteiger partial charge in [-0.2, -0.15) is 0 Å². The summed E-state index contributed by atoms with van der Waals surface area (Å²) in [7, 11) is 0. The Morgan fingerprint density at radius 3 is 2.94 bits per heavy atom. The van der Waals surface area contributed by atoms with E-state index >= 15 is 0 Å². The average Bonchev–Trinajstić information content (AvgIpc) is 2.81. The highest BCUT2D eigenvalue weighted by Gasteiger charge is 2.15. The molecule has 5 heteroatoms. The first kappa shape index (κ1) is 11.0. The van der Waals surface area contributed by atoms with Crippen molar-refractivity contribution in [1.29, 1.82) is 0 Å². The van der Waals surface area contributed by atoms with Gasteiger partial charge in [0.1, 0.15) is 6.26 Å². The molecule has 0 bridgehead atoms. The van der Waals surface area contributed by atoms with Gasteiger partial charge in [-0.25, -0.2) is 9.78 Å². The lowest BCUT2D eigenvalue weighted by Crippen LogP contribution is -2.42. The second-order valence-electron chi connectivity index (χ2n) is 4.14. The van der Waals surface area contributed by atoms with Gasteiger partial charge in [-0.15, -0.1) is 0 Å². The Labute approximate surface area is 94.6 Å². The summed E-state index contributed by atoms with van der Waals surface area (Å²) in [6.45, 7) is 0.412. The first-order valence-electron chi connectivity index (χ1n) is 5.76. The van der Waals surface area contributed by atoms with Crippen molar-refractivity contribution < 1.29 is 9.21 Å². The van der Waals surface area contributed by atoms with Gasteiger partial charge in [-0.05, 0) is 12.8 Å². The van der Waals surface area contributed by atoms with Crippen LogP contribution in [0.3, 0.4) is 0 Å². The molecule has 0 spiro atoms. The van der Waals surface area contributed by atoms with Crippen molar-refractivity contribution >= 4 is 6.03 Å². The number of carbonyl (C=O) groups is 1. The molecule has 5 nitrogen and oxygen atoms in total. The number of amides is 2. The van der Waals surface area contributed by atoms with Crippen LogP contribution in [0, 0.1) is 0 Å². The van der Waals surface area contributed by atoms with Crippen molar-refractivity contribution in [2.24, 2.45) is 0 Å². The van der Waals surface area contributed by atoms with E-state index in [1.165, 1.54) is 31.9 Å². The number of hydrogen-bond donors (Lipinski definition) is 2. The molecule has 1 aromatic heterocycles. The third-order valence-corrected chi connectivity index (χ3v) is 2.85. The highest BCUT2D eigenvalue weighted by Crippen LogP contribution is 2.17. The molecule has 0 atom stereocenters. The van der Waals surface area contributed by atoms with Crippen LogP contribution >= 0.6 is 0 Å². The first-order chi connectivity index (χ1) is 7.84. The fourth-order valence-electron chi connectivity index (χ4n) is 1.98. The number of aromatic nitrogens is 1. The molecule has 0 aliphatic heterocycles. The van der Waals surface area contributed by atoms with Gasteiger partial charge in [0.2, 0.25) is 0 Å². The van der Waals surface area contributed by atoms with Crippen LogP contribution in [0.5, 0.6) is 0 Å². The molecule has 16 heavy (non-hydrogen) atoms. The summed E-state index contributed by atoms with van der Waals surface area (Å²) in [5.74, 6) is 0. The molecule has 2 amide bonds. The predicted molar refractivity (Wildman–Crippen MR) is 58.7 cm³/mol. The second kappa shape index (κ2) is 5.53. The van der Waals surface area contributed by atoms with Gasteiger partial charge in [0.05, 0.1) is 12.2 Å². The Balaban J connectivity index is 1.67. The van der Waals surface area contributed by atoms with Crippen LogP contribution < -0.4 is 10.6 Å². The minimum Gasteiger partial charge on any atom is -0.451 e. The van der Waals surface area contributed by atoms with E-state index in [4.69, 9.17) is 4.42 Å². The standard InChI is InChI=1S/C11H17N3O2/c15-11(12-6-10-7-16-8-13-10)14-9-4-2-1-3-5-9/h7-9H,1-6H2,(H2,12,14,15). The van der Waals surface area contributed by atoms with E-state index in [1.807, 2.05) is 0 Å². The van der Waals surface area contributed by atoms with Gasteiger partial charge in [-0.3, -0.25) is 0 Å². The molecule has 1 aromatic rings. The molecule has 1 aliphatic rings. The molecular weight excluding hydrogens is 206 g/mol. The zero-order chi connectivity index (χ0) is 11.2. The van der Waals surface area contributed by atoms with E-state index in [1.54, 1.807) is 0 Å². The van der Waals surface area contributed by atoms with Crippen LogP contribution in [-0.4, -0.2) is 17.1 Å². The van der Waals surface area contributed by atoms with Crippen molar-refractivity contribution in [3.63, 3.8) is 0 Å². The molecule has 88 valence electrons. The lowest BCUT2D eigenvalue weighted by molar-refractivity contribution is 0.232. The quantitative estimate of drug-likeness (QED) is 0.821. The third kappa shape index (κ3) is 3.25. The zero-order valence-electron chi connectivity index (χ0n) is 9.24. The van der Waals surface area contributed by atoms with Gasteiger partial charge in [0.15, 0.2) is 6.39 Å². The van der Waals surface area contributed by atoms with Gasteiger partial charge in [-0.1, -0.05) is 19.3 Å². The Kier molecular flexibility index (Phi) is 3.80. The second-order valence-corrected chi connectivity index (χ2v) is 4.14. The highest BCUT2D eigenvalue weighted by atomic mass is 16.3. The van der Waals surface area contributed by atoms with Crippen molar-refractivity contribution in [1.82, 2.24) is 15.6 Å². The predicted octanol–water partition coefficient (Wildman–Crippen LogP) is 1.81. The molecule has 0 aromatic carbocycles. The maximum Gasteiger partial charge on any atom is 0.315 e. The van der Waals surface area contributed by atoms with Crippen LogP contribution in [0.4, 0.5) is 4.79 Å². The van der Waals surface area contributed by atoms with Crippen molar-refractivity contribution in [3.05, 3.63) is 18.4 Å². The van der Waals surface area contributed by atoms with Crippen LogP contribution in [0.1, 0.15) is 37.8 Å². The van der Waals surface area contributed by atoms with E-state index in [-0.39, 0.29) is 6.03 Å². The maximum absolute atomic E-state index is 11.5. The summed E-state index contributed by atoms with van der Waals surface area (Å²) in [6, 6.07) is 0.223. The number of hydrogen-bond acceptors (Lipinski definition) is 3. The third-order valence-electron chi connectivity index (χ3n) is 2.85. The maximum atomic E-state index is 11.5. The van der Waals surface area contributed by atoms with E-state index in [2.05, 4.69) is 15.6 Å². The van der Waals surface area contributed by atoms with Crippen molar-refractivity contribution in [2.75, 3.05) is 0 Å². The average molecular weight is 223 g/mol. The summed E-state index contributed by atoms with van der Waals surface area (Å²) in [5.41, 5.74) is 0.735. The zero-order valence-corrected chi connectivity index (χ0v) is 9.24. The largest absolute Gasteiger partial charge is 0.451 e. The lowest BCUT2D eigenvalue weighted by atomic mass is 9.96. The molecule has 0 unspecified atom stereocenters. The molecule has 1 aliphatic carbocycles. The SMILES string of the molecule is O=C(NCc1cocn1)NC1CCCCC1. The van der Waals surface area contributed by atoms with Gasteiger partial charge >= 0.3 is 6.03 Å². The van der Waals surface area contributed by atoms with Crippen LogP contribution in [0.2, 0.25) is 0 Å². The summed E-state index contributed by atoms with van der Waals surface area (Å²) in [5, 5.41) is 5.73. The van der Waals surface area contributed by atoms with E-state index in [0.717, 1.165) is 18.5 Å². The molecule has 2 rings (SSSR count). The monoisotopic (exact) mass is 223 g/mol. The number of carbonyl (C=O) groups excluding carboxylic acids is 1. The lowest BCUT2D eigenvalue weighted by Gasteiger charge is -2.22. The Hall–Kier alpha value is -1.52. The fraction of sp³-hybridized carbons (Fsp3) is 0.636. The van der Waals surface area contributed by atoms with Crippen LogP contribution in [0.15, 0.2) is 17.1 Å². The number of rotatable bonds is 3. The summed E-state index contributed by atoms with van der Waals surface area (Å²) in [4.78, 5) is 15.5. The Morgan fingerprint density at radius 1 is 1.44 bits per heavy atom. The number of nitrogens with one attached hydrogen (secondary N) is 2. The van der Waals surface area contributed by atoms with Gasteiger partial charge < -0.3 is 15.1 Å². The highest BCUT2D eigenvalue weighted by molar-refractivity contribution is 5.74. The molecule has 0 radical (unpaired) electrons.